The third-order valence-corrected chi connectivity index (χ3v) is 5.12. The minimum atomic E-state index is 0.285. The van der Waals surface area contributed by atoms with Crippen molar-refractivity contribution in [1.29, 1.82) is 0 Å². The Hall–Kier alpha value is -0.710. The van der Waals surface area contributed by atoms with Crippen LogP contribution >= 0.6 is 11.8 Å². The number of hydrogen-bond acceptors (Lipinski definition) is 4. The fourth-order valence-electron chi connectivity index (χ4n) is 2.71. The Morgan fingerprint density at radius 2 is 2.30 bits per heavy atom. The summed E-state index contributed by atoms with van der Waals surface area (Å²) in [7, 11) is 1.72. The van der Waals surface area contributed by atoms with Gasteiger partial charge in [0.2, 0.25) is 0 Å². The Labute approximate surface area is 126 Å². The summed E-state index contributed by atoms with van der Waals surface area (Å²) in [6.07, 6.45) is 3.13. The van der Waals surface area contributed by atoms with Gasteiger partial charge in [-0.25, -0.2) is 0 Å². The molecule has 2 rings (SSSR count). The lowest BCUT2D eigenvalue weighted by Crippen LogP contribution is -2.28. The van der Waals surface area contributed by atoms with E-state index in [0.29, 0.717) is 11.3 Å². The van der Waals surface area contributed by atoms with E-state index in [4.69, 9.17) is 9.84 Å². The number of ether oxygens (including phenoxy) is 1. The summed E-state index contributed by atoms with van der Waals surface area (Å²) in [6.45, 7) is 3.52. The van der Waals surface area contributed by atoms with E-state index in [9.17, 15) is 0 Å². The van der Waals surface area contributed by atoms with Gasteiger partial charge >= 0.3 is 0 Å². The maximum absolute atomic E-state index is 8.94. The number of fused-ring (bicyclic) bond motifs is 1. The first kappa shape index (κ1) is 15.7. The number of rotatable bonds is 8. The van der Waals surface area contributed by atoms with Crippen LogP contribution in [0.5, 0.6) is 5.75 Å². The average Bonchev–Trinajstić information content (AvgIpc) is 2.82. The molecule has 0 aliphatic heterocycles. The van der Waals surface area contributed by atoms with Gasteiger partial charge in [-0.2, -0.15) is 11.8 Å². The highest BCUT2D eigenvalue weighted by Crippen LogP contribution is 2.40. The lowest BCUT2D eigenvalue weighted by molar-refractivity contribution is 0.296. The van der Waals surface area contributed by atoms with Gasteiger partial charge in [-0.3, -0.25) is 0 Å². The molecular formula is C16H25NO2S. The molecule has 4 heteroatoms. The van der Waals surface area contributed by atoms with Crippen LogP contribution in [-0.4, -0.2) is 36.4 Å². The molecule has 3 nitrogen and oxygen atoms in total. The molecule has 1 aromatic carbocycles. The molecule has 2 atom stereocenters. The molecule has 0 amide bonds. The first-order chi connectivity index (χ1) is 9.80. The molecule has 0 bridgehead atoms. The summed E-state index contributed by atoms with van der Waals surface area (Å²) in [5, 5.41) is 13.2. The number of thioether (sulfide) groups is 1. The fourth-order valence-corrected chi connectivity index (χ4v) is 4.04. The van der Waals surface area contributed by atoms with Gasteiger partial charge in [0.1, 0.15) is 5.75 Å². The molecule has 1 aromatic rings. The van der Waals surface area contributed by atoms with Gasteiger partial charge in [0, 0.05) is 17.9 Å². The van der Waals surface area contributed by atoms with Crippen molar-refractivity contribution in [1.82, 2.24) is 5.32 Å². The molecule has 0 radical (unpaired) electrons. The van der Waals surface area contributed by atoms with Crippen LogP contribution in [0.3, 0.4) is 0 Å². The largest absolute Gasteiger partial charge is 0.497 e. The zero-order valence-electron chi connectivity index (χ0n) is 12.4. The Kier molecular flexibility index (Phi) is 6.20. The quantitative estimate of drug-likeness (QED) is 0.724. The van der Waals surface area contributed by atoms with E-state index in [1.165, 1.54) is 11.1 Å². The van der Waals surface area contributed by atoms with Crippen molar-refractivity contribution >= 4 is 11.8 Å². The van der Waals surface area contributed by atoms with Crippen LogP contribution < -0.4 is 10.1 Å². The van der Waals surface area contributed by atoms with Crippen molar-refractivity contribution in [3.05, 3.63) is 29.3 Å². The average molecular weight is 295 g/mol. The van der Waals surface area contributed by atoms with Crippen LogP contribution in [0.1, 0.15) is 36.9 Å². The van der Waals surface area contributed by atoms with Gasteiger partial charge in [-0.15, -0.1) is 0 Å². The lowest BCUT2D eigenvalue weighted by atomic mass is 10.1. The van der Waals surface area contributed by atoms with Crippen molar-refractivity contribution in [2.45, 2.75) is 37.5 Å². The molecule has 0 saturated heterocycles. The highest BCUT2D eigenvalue weighted by molar-refractivity contribution is 7.99. The number of aliphatic hydroxyl groups is 1. The predicted octanol–water partition coefficient (Wildman–Crippen LogP) is 2.78. The van der Waals surface area contributed by atoms with Crippen molar-refractivity contribution in [2.24, 2.45) is 0 Å². The molecule has 112 valence electrons. The molecule has 20 heavy (non-hydrogen) atoms. The van der Waals surface area contributed by atoms with E-state index < -0.39 is 0 Å². The van der Waals surface area contributed by atoms with E-state index in [1.54, 1.807) is 7.11 Å². The van der Waals surface area contributed by atoms with Crippen LogP contribution in [0.2, 0.25) is 0 Å². The van der Waals surface area contributed by atoms with Crippen molar-refractivity contribution in [2.75, 3.05) is 26.0 Å². The molecule has 0 aromatic heterocycles. The highest BCUT2D eigenvalue weighted by Gasteiger charge is 2.32. The van der Waals surface area contributed by atoms with Crippen molar-refractivity contribution in [3.8, 4) is 5.75 Å². The van der Waals surface area contributed by atoms with Crippen LogP contribution in [0.25, 0.3) is 0 Å². The van der Waals surface area contributed by atoms with E-state index in [2.05, 4.69) is 30.4 Å². The number of benzene rings is 1. The maximum Gasteiger partial charge on any atom is 0.119 e. The topological polar surface area (TPSA) is 41.5 Å². The smallest absolute Gasteiger partial charge is 0.119 e. The van der Waals surface area contributed by atoms with Crippen molar-refractivity contribution in [3.63, 3.8) is 0 Å². The summed E-state index contributed by atoms with van der Waals surface area (Å²) < 4.78 is 5.36. The summed E-state index contributed by atoms with van der Waals surface area (Å²) in [5.74, 6) is 1.96. The van der Waals surface area contributed by atoms with E-state index >= 15 is 0 Å². The minimum absolute atomic E-state index is 0.285. The molecule has 2 N–H and O–H groups in total. The zero-order valence-corrected chi connectivity index (χ0v) is 13.2. The lowest BCUT2D eigenvalue weighted by Gasteiger charge is -2.21. The molecular weight excluding hydrogens is 270 g/mol. The van der Waals surface area contributed by atoms with Gasteiger partial charge in [-0.1, -0.05) is 13.0 Å². The Balaban J connectivity index is 2.11. The number of methoxy groups -OCH3 is 1. The maximum atomic E-state index is 8.94. The van der Waals surface area contributed by atoms with E-state index in [-0.39, 0.29) is 6.61 Å². The molecule has 1 aliphatic carbocycles. The van der Waals surface area contributed by atoms with E-state index in [1.807, 2.05) is 11.8 Å². The Bertz CT molecular complexity index is 425. The normalized spacial score (nSPS) is 20.9. The molecule has 0 heterocycles. The molecule has 1 aliphatic rings. The van der Waals surface area contributed by atoms with Crippen LogP contribution in [-0.2, 0) is 6.42 Å². The monoisotopic (exact) mass is 295 g/mol. The minimum Gasteiger partial charge on any atom is -0.497 e. The molecule has 2 unspecified atom stereocenters. The third kappa shape index (κ3) is 3.68. The summed E-state index contributed by atoms with van der Waals surface area (Å²) >= 11 is 1.97. The molecule has 0 spiro atoms. The molecule has 0 fully saturated rings. The zero-order chi connectivity index (χ0) is 14.4. The summed E-state index contributed by atoms with van der Waals surface area (Å²) in [6, 6.07) is 6.83. The number of aliphatic hydroxyl groups excluding tert-OH is 1. The van der Waals surface area contributed by atoms with Gasteiger partial charge in [0.25, 0.3) is 0 Å². The Morgan fingerprint density at radius 3 is 3.00 bits per heavy atom. The van der Waals surface area contributed by atoms with Crippen LogP contribution in [0.15, 0.2) is 18.2 Å². The van der Waals surface area contributed by atoms with Gasteiger partial charge in [0.05, 0.1) is 7.11 Å². The SMILES string of the molecule is CCCNC1c2cc(OC)ccc2CC1SCCCO. The van der Waals surface area contributed by atoms with Crippen LogP contribution in [0, 0.1) is 0 Å². The van der Waals surface area contributed by atoms with E-state index in [0.717, 1.165) is 37.3 Å². The van der Waals surface area contributed by atoms with Crippen LogP contribution in [0.4, 0.5) is 0 Å². The van der Waals surface area contributed by atoms with Gasteiger partial charge < -0.3 is 15.2 Å². The predicted molar refractivity (Wildman–Crippen MR) is 85.7 cm³/mol. The molecule has 0 saturated carbocycles. The van der Waals surface area contributed by atoms with Gasteiger partial charge in [-0.05, 0) is 54.8 Å². The number of nitrogens with one attached hydrogen (secondary N) is 1. The Morgan fingerprint density at radius 1 is 1.45 bits per heavy atom. The number of hydrogen-bond donors (Lipinski definition) is 2. The van der Waals surface area contributed by atoms with Gasteiger partial charge in [0.15, 0.2) is 0 Å². The first-order valence-electron chi connectivity index (χ1n) is 7.42. The second-order valence-corrected chi connectivity index (χ2v) is 6.53. The summed E-state index contributed by atoms with van der Waals surface area (Å²) in [4.78, 5) is 0. The second-order valence-electron chi connectivity index (χ2n) is 5.19. The highest BCUT2D eigenvalue weighted by atomic mass is 32.2. The summed E-state index contributed by atoms with van der Waals surface area (Å²) in [5.41, 5.74) is 2.82. The third-order valence-electron chi connectivity index (χ3n) is 3.73. The second kappa shape index (κ2) is 7.91. The van der Waals surface area contributed by atoms with Crippen molar-refractivity contribution < 1.29 is 9.84 Å². The first-order valence-corrected chi connectivity index (χ1v) is 8.47. The fraction of sp³-hybridized carbons (Fsp3) is 0.625. The standard InChI is InChI=1S/C16H25NO2S/c1-3-7-17-16-14-11-13(19-2)6-5-12(14)10-15(16)20-9-4-8-18/h5-6,11,15-18H,3-4,7-10H2,1-2H3.